The van der Waals surface area contributed by atoms with Crippen molar-refractivity contribution in [3.05, 3.63) is 51.2 Å². The molecule has 4 nitrogen and oxygen atoms in total. The van der Waals surface area contributed by atoms with Gasteiger partial charge in [-0.15, -0.1) is 0 Å². The van der Waals surface area contributed by atoms with Gasteiger partial charge in [-0.1, -0.05) is 30.3 Å². The average molecular weight is 235 g/mol. The summed E-state index contributed by atoms with van der Waals surface area (Å²) < 4.78 is 3.27. The molecule has 0 bridgehead atoms. The molecule has 2 rings (SSSR count). The van der Waals surface area contributed by atoms with Crippen molar-refractivity contribution in [2.75, 3.05) is 7.05 Å². The highest BCUT2D eigenvalue weighted by molar-refractivity contribution is 7.03. The summed E-state index contributed by atoms with van der Waals surface area (Å²) in [5.41, 5.74) is 1.10. The van der Waals surface area contributed by atoms with Crippen LogP contribution in [0.2, 0.25) is 0 Å². The maximum Gasteiger partial charge on any atom is 0.339 e. The molecule has 0 saturated heterocycles. The van der Waals surface area contributed by atoms with Crippen LogP contribution in [0, 0.1) is 0 Å². The van der Waals surface area contributed by atoms with Gasteiger partial charge in [-0.05, 0) is 17.1 Å². The van der Waals surface area contributed by atoms with Gasteiger partial charge in [-0.25, -0.2) is 8.75 Å². The Morgan fingerprint density at radius 3 is 2.56 bits per heavy atom. The first-order chi connectivity index (χ1) is 7.72. The summed E-state index contributed by atoms with van der Waals surface area (Å²) in [7, 11) is 3.43. The summed E-state index contributed by atoms with van der Waals surface area (Å²) in [4.78, 5) is 16.6. The van der Waals surface area contributed by atoms with Gasteiger partial charge < -0.3 is 0 Å². The molecule has 0 amide bonds. The summed E-state index contributed by atoms with van der Waals surface area (Å²) in [5, 5.41) is 0. The molecule has 0 atom stereocenters. The van der Waals surface area contributed by atoms with Crippen LogP contribution >= 0.6 is 11.5 Å². The van der Waals surface area contributed by atoms with Crippen molar-refractivity contribution < 1.29 is 0 Å². The van der Waals surface area contributed by atoms with E-state index in [1.165, 1.54) is 11.5 Å². The van der Waals surface area contributed by atoms with Crippen molar-refractivity contribution in [2.45, 2.75) is 6.54 Å². The van der Waals surface area contributed by atoms with Crippen molar-refractivity contribution in [1.82, 2.24) is 8.52 Å². The highest BCUT2D eigenvalue weighted by Gasteiger charge is 2.04. The molecule has 0 aliphatic rings. The van der Waals surface area contributed by atoms with E-state index >= 15 is 0 Å². The lowest BCUT2D eigenvalue weighted by molar-refractivity contribution is 0.728. The summed E-state index contributed by atoms with van der Waals surface area (Å²) in [6.45, 7) is 0.605. The number of hydrogen-bond acceptors (Lipinski definition) is 3. The van der Waals surface area contributed by atoms with Crippen molar-refractivity contribution in [2.24, 2.45) is 12.0 Å². The molecule has 2 aromatic rings. The SMILES string of the molecule is CN=c1sn(Cc2ccccc2)c(=O)n1C. The van der Waals surface area contributed by atoms with Crippen LogP contribution in [-0.4, -0.2) is 15.6 Å². The summed E-state index contributed by atoms with van der Waals surface area (Å²) in [6, 6.07) is 9.93. The quantitative estimate of drug-likeness (QED) is 0.760. The summed E-state index contributed by atoms with van der Waals surface area (Å²) >= 11 is 1.38. The Labute approximate surface area is 97.3 Å². The van der Waals surface area contributed by atoms with Crippen LogP contribution in [0.5, 0.6) is 0 Å². The Kier molecular flexibility index (Phi) is 3.05. The second kappa shape index (κ2) is 4.49. The van der Waals surface area contributed by atoms with Crippen LogP contribution in [0.3, 0.4) is 0 Å². The van der Waals surface area contributed by atoms with Gasteiger partial charge in [0.25, 0.3) is 0 Å². The van der Waals surface area contributed by atoms with E-state index < -0.39 is 0 Å². The average Bonchev–Trinajstić information content (AvgIpc) is 2.58. The lowest BCUT2D eigenvalue weighted by atomic mass is 10.2. The third kappa shape index (κ3) is 1.99. The van der Waals surface area contributed by atoms with Gasteiger partial charge in [0.15, 0.2) is 0 Å². The smallest absolute Gasteiger partial charge is 0.271 e. The van der Waals surface area contributed by atoms with E-state index in [9.17, 15) is 4.79 Å². The first-order valence-corrected chi connectivity index (χ1v) is 5.73. The molecule has 0 saturated carbocycles. The highest BCUT2D eigenvalue weighted by Crippen LogP contribution is 2.01. The fraction of sp³-hybridized carbons (Fsp3) is 0.273. The molecule has 0 aliphatic heterocycles. The Bertz CT molecular complexity index is 592. The van der Waals surface area contributed by atoms with Crippen molar-refractivity contribution in [3.8, 4) is 0 Å². The first-order valence-electron chi connectivity index (χ1n) is 4.96. The van der Waals surface area contributed by atoms with E-state index in [4.69, 9.17) is 0 Å². The number of nitrogens with zero attached hydrogens (tertiary/aromatic N) is 3. The largest absolute Gasteiger partial charge is 0.339 e. The summed E-state index contributed by atoms with van der Waals surface area (Å²) in [5.74, 6) is 0. The molecule has 84 valence electrons. The molecule has 0 fully saturated rings. The predicted octanol–water partition coefficient (Wildman–Crippen LogP) is 0.827. The first kappa shape index (κ1) is 10.9. The maximum atomic E-state index is 11.8. The molecule has 0 N–H and O–H groups in total. The van der Waals surface area contributed by atoms with Crippen LogP contribution in [-0.2, 0) is 13.6 Å². The number of aromatic nitrogens is 2. The van der Waals surface area contributed by atoms with Crippen LogP contribution in [0.25, 0.3) is 0 Å². The topological polar surface area (TPSA) is 39.3 Å². The van der Waals surface area contributed by atoms with E-state index in [2.05, 4.69) is 4.99 Å². The van der Waals surface area contributed by atoms with E-state index in [1.54, 1.807) is 22.6 Å². The molecular weight excluding hydrogens is 222 g/mol. The monoisotopic (exact) mass is 235 g/mol. The Morgan fingerprint density at radius 2 is 2.00 bits per heavy atom. The Hall–Kier alpha value is -1.62. The van der Waals surface area contributed by atoms with Crippen LogP contribution < -0.4 is 10.5 Å². The molecule has 5 heteroatoms. The number of hydrogen-bond donors (Lipinski definition) is 0. The normalized spacial score (nSPS) is 12.0. The zero-order valence-corrected chi connectivity index (χ0v) is 10.1. The van der Waals surface area contributed by atoms with Gasteiger partial charge in [0.05, 0.1) is 6.54 Å². The fourth-order valence-corrected chi connectivity index (χ4v) is 2.38. The van der Waals surface area contributed by atoms with Gasteiger partial charge in [-0.2, -0.15) is 0 Å². The molecule has 0 radical (unpaired) electrons. The Morgan fingerprint density at radius 1 is 1.31 bits per heavy atom. The maximum absolute atomic E-state index is 11.8. The van der Waals surface area contributed by atoms with Crippen molar-refractivity contribution in [1.29, 1.82) is 0 Å². The van der Waals surface area contributed by atoms with Crippen LogP contribution in [0.4, 0.5) is 0 Å². The van der Waals surface area contributed by atoms with Gasteiger partial charge in [0.2, 0.25) is 4.80 Å². The second-order valence-electron chi connectivity index (χ2n) is 3.46. The third-order valence-corrected chi connectivity index (χ3v) is 3.46. The van der Waals surface area contributed by atoms with E-state index in [-0.39, 0.29) is 5.69 Å². The molecule has 1 aromatic carbocycles. The molecule has 1 aromatic heterocycles. The lowest BCUT2D eigenvalue weighted by Crippen LogP contribution is -2.26. The molecule has 0 aliphatic carbocycles. The third-order valence-electron chi connectivity index (χ3n) is 2.34. The Balaban J connectivity index is 2.41. The van der Waals surface area contributed by atoms with Crippen LogP contribution in [0.1, 0.15) is 5.56 Å². The molecule has 0 unspecified atom stereocenters. The van der Waals surface area contributed by atoms with Crippen LogP contribution in [0.15, 0.2) is 40.1 Å². The minimum Gasteiger partial charge on any atom is -0.271 e. The zero-order valence-electron chi connectivity index (χ0n) is 9.25. The van der Waals surface area contributed by atoms with Crippen molar-refractivity contribution in [3.63, 3.8) is 0 Å². The zero-order chi connectivity index (χ0) is 11.5. The van der Waals surface area contributed by atoms with Crippen molar-refractivity contribution >= 4 is 11.5 Å². The van der Waals surface area contributed by atoms with E-state index in [1.807, 2.05) is 30.3 Å². The minimum atomic E-state index is -0.0190. The van der Waals surface area contributed by atoms with Gasteiger partial charge in [0.1, 0.15) is 0 Å². The predicted molar refractivity (Wildman–Crippen MR) is 64.6 cm³/mol. The molecular formula is C11H13N3OS. The highest BCUT2D eigenvalue weighted by atomic mass is 32.1. The number of rotatable bonds is 2. The van der Waals surface area contributed by atoms with Gasteiger partial charge in [0, 0.05) is 14.1 Å². The van der Waals surface area contributed by atoms with E-state index in [0.717, 1.165) is 10.4 Å². The molecule has 1 heterocycles. The fourth-order valence-electron chi connectivity index (χ4n) is 1.49. The number of benzene rings is 1. The molecule has 0 spiro atoms. The minimum absolute atomic E-state index is 0.0190. The van der Waals surface area contributed by atoms with Gasteiger partial charge >= 0.3 is 5.69 Å². The molecule has 16 heavy (non-hydrogen) atoms. The summed E-state index contributed by atoms with van der Waals surface area (Å²) in [6.07, 6.45) is 0. The lowest BCUT2D eigenvalue weighted by Gasteiger charge is -1.98. The standard InChI is InChI=1S/C11H13N3OS/c1-12-10-13(2)11(15)14(16-10)8-9-6-4-3-5-7-9/h3-7H,8H2,1-2H3. The van der Waals surface area contributed by atoms with E-state index in [0.29, 0.717) is 6.54 Å². The second-order valence-corrected chi connectivity index (χ2v) is 4.45. The van der Waals surface area contributed by atoms with Gasteiger partial charge in [-0.3, -0.25) is 9.56 Å².